The van der Waals surface area contributed by atoms with Gasteiger partial charge in [0.25, 0.3) is 0 Å². The predicted molar refractivity (Wildman–Crippen MR) is 57.9 cm³/mol. The number of halogens is 1. The molecule has 0 amide bonds. The van der Waals surface area contributed by atoms with Gasteiger partial charge in [-0.2, -0.15) is 0 Å². The minimum absolute atomic E-state index is 0.0541. The molecule has 0 spiro atoms. The molecule has 16 heavy (non-hydrogen) atoms. The van der Waals surface area contributed by atoms with Gasteiger partial charge in [0.15, 0.2) is 9.84 Å². The predicted octanol–water partition coefficient (Wildman–Crippen LogP) is 1.65. The minimum atomic E-state index is -3.11. The van der Waals surface area contributed by atoms with E-state index in [4.69, 9.17) is 4.74 Å². The summed E-state index contributed by atoms with van der Waals surface area (Å²) in [6.45, 7) is 0.0806. The van der Waals surface area contributed by atoms with Crippen LogP contribution in [0.4, 0.5) is 4.39 Å². The summed E-state index contributed by atoms with van der Waals surface area (Å²) in [7, 11) is -3.11. The number of rotatable bonds is 3. The first-order chi connectivity index (χ1) is 7.57. The summed E-state index contributed by atoms with van der Waals surface area (Å²) < 4.78 is 40.7. The first kappa shape index (κ1) is 11.3. The van der Waals surface area contributed by atoms with E-state index in [2.05, 4.69) is 0 Å². The highest BCUT2D eigenvalue weighted by atomic mass is 32.2. The zero-order valence-electron chi connectivity index (χ0n) is 8.47. The van der Waals surface area contributed by atoms with Crippen molar-refractivity contribution in [2.75, 3.05) is 5.75 Å². The lowest BCUT2D eigenvalue weighted by Gasteiger charge is -2.09. The van der Waals surface area contributed by atoms with E-state index in [-0.39, 0.29) is 18.2 Å². The minimum Gasteiger partial charge on any atom is -0.368 e. The number of benzene rings is 1. The van der Waals surface area contributed by atoms with Gasteiger partial charge in [-0.3, -0.25) is 0 Å². The lowest BCUT2D eigenvalue weighted by Crippen LogP contribution is -2.15. The third kappa shape index (κ3) is 2.68. The molecule has 5 heteroatoms. The normalized spacial score (nSPS) is 22.4. The number of hydrogen-bond acceptors (Lipinski definition) is 3. The Balaban J connectivity index is 1.95. The molecule has 2 rings (SSSR count). The number of sulfone groups is 1. The van der Waals surface area contributed by atoms with Crippen LogP contribution in [0.25, 0.3) is 0 Å². The monoisotopic (exact) mass is 242 g/mol. The van der Waals surface area contributed by atoms with Crippen molar-refractivity contribution in [2.24, 2.45) is 0 Å². The second-order valence-electron chi connectivity index (χ2n) is 3.60. The molecule has 3 nitrogen and oxygen atoms in total. The first-order valence-corrected chi connectivity index (χ1v) is 6.54. The van der Waals surface area contributed by atoms with Gasteiger partial charge in [-0.1, -0.05) is 18.2 Å². The van der Waals surface area contributed by atoms with Gasteiger partial charge in [0, 0.05) is 11.0 Å². The van der Waals surface area contributed by atoms with Crippen LogP contribution in [0.2, 0.25) is 0 Å². The quantitative estimate of drug-likeness (QED) is 0.809. The molecule has 1 aliphatic rings. The number of hydrogen-bond donors (Lipinski definition) is 0. The van der Waals surface area contributed by atoms with Crippen LogP contribution < -0.4 is 0 Å². The summed E-state index contributed by atoms with van der Waals surface area (Å²) in [5.41, 5.74) is 0.431. The van der Waals surface area contributed by atoms with Gasteiger partial charge in [0.05, 0.1) is 18.5 Å². The van der Waals surface area contributed by atoms with Crippen LogP contribution in [0.3, 0.4) is 0 Å². The molecule has 0 saturated carbocycles. The fourth-order valence-corrected chi connectivity index (χ4v) is 2.65. The van der Waals surface area contributed by atoms with E-state index < -0.39 is 15.9 Å². The van der Waals surface area contributed by atoms with Crippen LogP contribution in [0, 0.1) is 5.82 Å². The Morgan fingerprint density at radius 3 is 2.75 bits per heavy atom. The second-order valence-corrected chi connectivity index (χ2v) is 5.53. The summed E-state index contributed by atoms with van der Waals surface area (Å²) >= 11 is 0. The Morgan fingerprint density at radius 1 is 1.38 bits per heavy atom. The molecular formula is C11H11FO3S. The zero-order valence-corrected chi connectivity index (χ0v) is 9.28. The van der Waals surface area contributed by atoms with E-state index in [0.29, 0.717) is 5.56 Å². The average Bonchev–Trinajstić information content (AvgIpc) is 2.57. The molecule has 0 aromatic heterocycles. The van der Waals surface area contributed by atoms with Gasteiger partial charge in [-0.25, -0.2) is 12.8 Å². The third-order valence-corrected chi connectivity index (χ3v) is 3.67. The number of ether oxygens (including phenoxy) is 1. The molecule has 1 aromatic rings. The van der Waals surface area contributed by atoms with Gasteiger partial charge >= 0.3 is 0 Å². The molecule has 0 fully saturated rings. The lowest BCUT2D eigenvalue weighted by atomic mass is 10.2. The van der Waals surface area contributed by atoms with Gasteiger partial charge in [-0.15, -0.1) is 0 Å². The van der Waals surface area contributed by atoms with Gasteiger partial charge in [0.1, 0.15) is 5.82 Å². The standard InChI is InChI=1S/C11H11FO3S/c12-11-4-2-1-3-9(11)7-15-10-5-6-16(13,14)8-10/h1-6,10H,7-8H2. The summed E-state index contributed by atoms with van der Waals surface area (Å²) in [5.74, 6) is -0.395. The molecule has 1 heterocycles. The van der Waals surface area contributed by atoms with Crippen molar-refractivity contribution in [2.45, 2.75) is 12.7 Å². The summed E-state index contributed by atoms with van der Waals surface area (Å²) in [6, 6.07) is 6.27. The van der Waals surface area contributed by atoms with Crippen molar-refractivity contribution in [3.05, 3.63) is 47.1 Å². The molecule has 0 N–H and O–H groups in total. The Bertz CT molecular complexity index is 508. The van der Waals surface area contributed by atoms with Crippen molar-refractivity contribution >= 4 is 9.84 Å². The molecule has 0 bridgehead atoms. The van der Waals surface area contributed by atoms with E-state index in [9.17, 15) is 12.8 Å². The zero-order chi connectivity index (χ0) is 11.6. The maximum atomic E-state index is 13.2. The van der Waals surface area contributed by atoms with Crippen LogP contribution in [0.1, 0.15) is 5.56 Å². The molecule has 1 aromatic carbocycles. The highest BCUT2D eigenvalue weighted by Crippen LogP contribution is 2.15. The van der Waals surface area contributed by atoms with Crippen LogP contribution >= 0.6 is 0 Å². The highest BCUT2D eigenvalue weighted by Gasteiger charge is 2.22. The summed E-state index contributed by atoms with van der Waals surface area (Å²) in [5, 5.41) is 1.14. The fourth-order valence-electron chi connectivity index (χ4n) is 1.46. The maximum Gasteiger partial charge on any atom is 0.174 e. The second kappa shape index (κ2) is 4.35. The smallest absolute Gasteiger partial charge is 0.174 e. The molecule has 0 aliphatic carbocycles. The molecule has 1 unspecified atom stereocenters. The Kier molecular flexibility index (Phi) is 3.07. The van der Waals surface area contributed by atoms with Crippen LogP contribution in [-0.2, 0) is 21.2 Å². The van der Waals surface area contributed by atoms with E-state index in [1.807, 2.05) is 0 Å². The van der Waals surface area contributed by atoms with Crippen LogP contribution in [0.5, 0.6) is 0 Å². The Labute approximate surface area is 93.5 Å². The third-order valence-electron chi connectivity index (χ3n) is 2.31. The topological polar surface area (TPSA) is 43.4 Å². The molecule has 1 aliphatic heterocycles. The Morgan fingerprint density at radius 2 is 2.12 bits per heavy atom. The van der Waals surface area contributed by atoms with Crippen molar-refractivity contribution in [3.63, 3.8) is 0 Å². The van der Waals surface area contributed by atoms with Crippen LogP contribution in [-0.4, -0.2) is 20.3 Å². The lowest BCUT2D eigenvalue weighted by molar-refractivity contribution is 0.0856. The average molecular weight is 242 g/mol. The Hall–Kier alpha value is -1.20. The van der Waals surface area contributed by atoms with Gasteiger partial charge < -0.3 is 4.74 Å². The molecular weight excluding hydrogens is 231 g/mol. The van der Waals surface area contributed by atoms with Crippen LogP contribution in [0.15, 0.2) is 35.7 Å². The highest BCUT2D eigenvalue weighted by molar-refractivity contribution is 7.94. The van der Waals surface area contributed by atoms with Crippen molar-refractivity contribution in [1.29, 1.82) is 0 Å². The van der Waals surface area contributed by atoms with Gasteiger partial charge in [-0.05, 0) is 12.1 Å². The molecule has 0 saturated heterocycles. The van der Waals surface area contributed by atoms with E-state index >= 15 is 0 Å². The van der Waals surface area contributed by atoms with E-state index in [0.717, 1.165) is 5.41 Å². The molecule has 0 radical (unpaired) electrons. The first-order valence-electron chi connectivity index (χ1n) is 4.83. The maximum absolute atomic E-state index is 13.2. The van der Waals surface area contributed by atoms with Crippen molar-refractivity contribution in [1.82, 2.24) is 0 Å². The molecule has 86 valence electrons. The summed E-state index contributed by atoms with van der Waals surface area (Å²) in [6.07, 6.45) is 1.01. The van der Waals surface area contributed by atoms with E-state index in [1.54, 1.807) is 18.2 Å². The fraction of sp³-hybridized carbons (Fsp3) is 0.273. The SMILES string of the molecule is O=S1(=O)C=CC(OCc2ccccc2F)C1. The molecule has 1 atom stereocenters. The van der Waals surface area contributed by atoms with Crippen molar-refractivity contribution in [3.8, 4) is 0 Å². The summed E-state index contributed by atoms with van der Waals surface area (Å²) in [4.78, 5) is 0. The van der Waals surface area contributed by atoms with Crippen molar-refractivity contribution < 1.29 is 17.5 Å². The van der Waals surface area contributed by atoms with E-state index in [1.165, 1.54) is 12.1 Å². The largest absolute Gasteiger partial charge is 0.368 e. The van der Waals surface area contributed by atoms with Gasteiger partial charge in [0.2, 0.25) is 0 Å².